The van der Waals surface area contributed by atoms with Gasteiger partial charge in [-0.15, -0.1) is 0 Å². The molecule has 2 unspecified atom stereocenters. The number of aromatic nitrogens is 4. The SMILES string of the molecule is CC(C)(C)OC(=O)N1CCC(c2cnc(OCc3nc(-c4ccccc4Cl)no3)nc2)C(OCc2ccc3ccccc3c2)C1. The maximum atomic E-state index is 12.9. The molecule has 0 N–H and O–H groups in total. The Labute approximate surface area is 266 Å². The van der Waals surface area contributed by atoms with Crippen LogP contribution in [-0.2, 0) is 22.7 Å². The van der Waals surface area contributed by atoms with Crippen LogP contribution in [0.4, 0.5) is 4.79 Å². The van der Waals surface area contributed by atoms with E-state index in [1.807, 2.05) is 51.1 Å². The van der Waals surface area contributed by atoms with E-state index >= 15 is 0 Å². The molecule has 2 aromatic heterocycles. The summed E-state index contributed by atoms with van der Waals surface area (Å²) in [5, 5.41) is 6.85. The third-order valence-corrected chi connectivity index (χ3v) is 7.80. The van der Waals surface area contributed by atoms with Crippen molar-refractivity contribution in [2.75, 3.05) is 13.1 Å². The van der Waals surface area contributed by atoms with Gasteiger partial charge in [0.2, 0.25) is 5.82 Å². The zero-order chi connectivity index (χ0) is 31.4. The average molecular weight is 628 g/mol. The molecule has 0 aliphatic carbocycles. The molecule has 6 rings (SSSR count). The molecule has 45 heavy (non-hydrogen) atoms. The number of ether oxygens (including phenoxy) is 3. The minimum atomic E-state index is -0.587. The highest BCUT2D eigenvalue weighted by Crippen LogP contribution is 2.32. The molecule has 0 radical (unpaired) electrons. The average Bonchev–Trinajstić information content (AvgIpc) is 3.51. The zero-order valence-corrected chi connectivity index (χ0v) is 26.1. The number of halogens is 1. The van der Waals surface area contributed by atoms with Gasteiger partial charge in [0.05, 0.1) is 24.3 Å². The molecule has 232 valence electrons. The van der Waals surface area contributed by atoms with Gasteiger partial charge in [0.1, 0.15) is 5.60 Å². The molecule has 11 heteroatoms. The number of benzene rings is 3. The van der Waals surface area contributed by atoms with Crippen molar-refractivity contribution in [3.05, 3.63) is 101 Å². The lowest BCUT2D eigenvalue weighted by atomic mass is 9.88. The molecule has 5 aromatic rings. The lowest BCUT2D eigenvalue weighted by Gasteiger charge is -2.38. The maximum absolute atomic E-state index is 12.9. The maximum Gasteiger partial charge on any atom is 0.410 e. The van der Waals surface area contributed by atoms with Gasteiger partial charge < -0.3 is 23.6 Å². The van der Waals surface area contributed by atoms with E-state index in [2.05, 4.69) is 50.4 Å². The molecular weight excluding hydrogens is 594 g/mol. The summed E-state index contributed by atoms with van der Waals surface area (Å²) < 4.78 is 23.2. The summed E-state index contributed by atoms with van der Waals surface area (Å²) in [5.41, 5.74) is 2.04. The van der Waals surface area contributed by atoms with Gasteiger partial charge in [-0.2, -0.15) is 4.98 Å². The van der Waals surface area contributed by atoms with E-state index in [4.69, 9.17) is 30.3 Å². The van der Waals surface area contributed by atoms with Crippen LogP contribution in [0, 0.1) is 0 Å². The number of piperidine rings is 1. The van der Waals surface area contributed by atoms with Crippen molar-refractivity contribution >= 4 is 28.5 Å². The molecule has 3 heterocycles. The van der Waals surface area contributed by atoms with E-state index in [0.717, 1.165) is 16.5 Å². The smallest absolute Gasteiger partial charge is 0.410 e. The van der Waals surface area contributed by atoms with E-state index in [0.29, 0.717) is 42.5 Å². The summed E-state index contributed by atoms with van der Waals surface area (Å²) in [7, 11) is 0. The molecule has 0 spiro atoms. The van der Waals surface area contributed by atoms with Crippen molar-refractivity contribution in [3.8, 4) is 17.4 Å². The zero-order valence-electron chi connectivity index (χ0n) is 25.4. The highest BCUT2D eigenvalue weighted by atomic mass is 35.5. The molecule has 1 fully saturated rings. The first-order valence-electron chi connectivity index (χ1n) is 14.8. The van der Waals surface area contributed by atoms with Crippen LogP contribution >= 0.6 is 11.6 Å². The van der Waals surface area contributed by atoms with Gasteiger partial charge in [0.25, 0.3) is 5.89 Å². The first-order valence-corrected chi connectivity index (χ1v) is 15.2. The van der Waals surface area contributed by atoms with E-state index in [9.17, 15) is 4.79 Å². The van der Waals surface area contributed by atoms with Crippen LogP contribution < -0.4 is 4.74 Å². The van der Waals surface area contributed by atoms with Gasteiger partial charge in [-0.05, 0) is 67.3 Å². The predicted molar refractivity (Wildman–Crippen MR) is 169 cm³/mol. The number of carbonyl (C=O) groups is 1. The Morgan fingerprint density at radius 3 is 2.53 bits per heavy atom. The van der Waals surface area contributed by atoms with Crippen molar-refractivity contribution in [2.45, 2.75) is 58.0 Å². The molecule has 0 saturated carbocycles. The second-order valence-electron chi connectivity index (χ2n) is 11.9. The molecule has 1 aliphatic heterocycles. The van der Waals surface area contributed by atoms with E-state index in [1.54, 1.807) is 23.4 Å². The summed E-state index contributed by atoms with van der Waals surface area (Å²) in [6, 6.07) is 22.0. The summed E-state index contributed by atoms with van der Waals surface area (Å²) in [5.74, 6) is 0.615. The van der Waals surface area contributed by atoms with Crippen molar-refractivity contribution in [3.63, 3.8) is 0 Å². The lowest BCUT2D eigenvalue weighted by molar-refractivity contribution is -0.0360. The summed E-state index contributed by atoms with van der Waals surface area (Å²) in [6.45, 7) is 6.90. The van der Waals surface area contributed by atoms with Crippen LogP contribution in [0.2, 0.25) is 5.02 Å². The quantitative estimate of drug-likeness (QED) is 0.176. The van der Waals surface area contributed by atoms with Gasteiger partial charge >= 0.3 is 12.1 Å². The second-order valence-corrected chi connectivity index (χ2v) is 12.3. The van der Waals surface area contributed by atoms with E-state index in [1.165, 1.54) is 5.39 Å². The predicted octanol–water partition coefficient (Wildman–Crippen LogP) is 7.22. The number of fused-ring (bicyclic) bond motifs is 1. The van der Waals surface area contributed by atoms with Gasteiger partial charge in [0.15, 0.2) is 6.61 Å². The molecular formula is C34H34ClN5O5. The number of rotatable bonds is 8. The third-order valence-electron chi connectivity index (χ3n) is 7.47. The van der Waals surface area contributed by atoms with Crippen LogP contribution in [0.5, 0.6) is 6.01 Å². The summed E-state index contributed by atoms with van der Waals surface area (Å²) >= 11 is 6.24. The van der Waals surface area contributed by atoms with E-state index in [-0.39, 0.29) is 36.6 Å². The molecule has 0 bridgehead atoms. The Balaban J connectivity index is 1.13. The molecule has 1 aliphatic rings. The normalized spacial score (nSPS) is 16.9. The van der Waals surface area contributed by atoms with Crippen molar-refractivity contribution < 1.29 is 23.5 Å². The fraction of sp³-hybridized carbons (Fsp3) is 0.324. The van der Waals surface area contributed by atoms with Gasteiger partial charge in [-0.3, -0.25) is 0 Å². The minimum absolute atomic E-state index is 0.00255. The van der Waals surface area contributed by atoms with Crippen LogP contribution in [0.3, 0.4) is 0 Å². The second kappa shape index (κ2) is 13.2. The fourth-order valence-electron chi connectivity index (χ4n) is 5.27. The van der Waals surface area contributed by atoms with Crippen LogP contribution in [0.25, 0.3) is 22.2 Å². The first kappa shape index (κ1) is 30.5. The van der Waals surface area contributed by atoms with Crippen LogP contribution in [-0.4, -0.2) is 55.9 Å². The van der Waals surface area contributed by atoms with E-state index < -0.39 is 5.60 Å². The Morgan fingerprint density at radius 1 is 1.00 bits per heavy atom. The lowest BCUT2D eigenvalue weighted by Crippen LogP contribution is -2.48. The van der Waals surface area contributed by atoms with Crippen LogP contribution in [0.15, 0.2) is 83.6 Å². The number of nitrogens with zero attached hydrogens (tertiary/aromatic N) is 5. The number of hydrogen-bond donors (Lipinski definition) is 0. The van der Waals surface area contributed by atoms with Crippen molar-refractivity contribution in [1.82, 2.24) is 25.0 Å². The first-order chi connectivity index (χ1) is 21.7. The molecule has 3 aromatic carbocycles. The van der Waals surface area contributed by atoms with Gasteiger partial charge in [-0.25, -0.2) is 14.8 Å². The highest BCUT2D eigenvalue weighted by molar-refractivity contribution is 6.33. The van der Waals surface area contributed by atoms with Crippen LogP contribution in [0.1, 0.15) is 50.1 Å². The third kappa shape index (κ3) is 7.58. The highest BCUT2D eigenvalue weighted by Gasteiger charge is 2.35. The topological polar surface area (TPSA) is 113 Å². The number of likely N-dealkylation sites (tertiary alicyclic amines) is 1. The Hall–Kier alpha value is -4.54. The fourth-order valence-corrected chi connectivity index (χ4v) is 5.50. The molecule has 10 nitrogen and oxygen atoms in total. The largest absolute Gasteiger partial charge is 0.453 e. The summed E-state index contributed by atoms with van der Waals surface area (Å²) in [4.78, 5) is 27.9. The standard InChI is InChI=1S/C34H34ClN5O5/c1-34(2,3)44-33(41)40-15-14-26(29(19-40)42-20-22-12-13-23-8-4-5-9-24(23)16-22)25-17-36-32(37-18-25)43-21-30-38-31(39-45-30)27-10-6-7-11-28(27)35/h4-13,16-18,26,29H,14-15,19-21H2,1-3H3. The Morgan fingerprint density at radius 2 is 1.76 bits per heavy atom. The minimum Gasteiger partial charge on any atom is -0.453 e. The van der Waals surface area contributed by atoms with Gasteiger partial charge in [-0.1, -0.05) is 65.3 Å². The molecule has 1 amide bonds. The summed E-state index contributed by atoms with van der Waals surface area (Å²) in [6.07, 6.45) is 3.50. The Kier molecular flexibility index (Phi) is 8.95. The number of amides is 1. The van der Waals surface area contributed by atoms with Crippen molar-refractivity contribution in [2.24, 2.45) is 0 Å². The van der Waals surface area contributed by atoms with Gasteiger partial charge in [0, 0.05) is 30.4 Å². The number of hydrogen-bond acceptors (Lipinski definition) is 9. The molecule has 1 saturated heterocycles. The monoisotopic (exact) mass is 627 g/mol. The Bertz CT molecular complexity index is 1770. The van der Waals surface area contributed by atoms with Crippen molar-refractivity contribution in [1.29, 1.82) is 0 Å². The molecule has 2 atom stereocenters. The number of carbonyl (C=O) groups excluding carboxylic acids is 1.